The van der Waals surface area contributed by atoms with Crippen LogP contribution in [0, 0.1) is 12.7 Å². The fourth-order valence-electron chi connectivity index (χ4n) is 2.58. The van der Waals surface area contributed by atoms with E-state index in [0.717, 1.165) is 11.5 Å². The van der Waals surface area contributed by atoms with E-state index in [1.165, 1.54) is 18.2 Å². The maximum absolute atomic E-state index is 13.5. The van der Waals surface area contributed by atoms with Gasteiger partial charge in [-0.2, -0.15) is 5.10 Å². The van der Waals surface area contributed by atoms with Crippen LogP contribution in [0.5, 0.6) is 0 Å². The van der Waals surface area contributed by atoms with Crippen LogP contribution in [0.25, 0.3) is 22.8 Å². The molecule has 22 heavy (non-hydrogen) atoms. The van der Waals surface area contributed by atoms with Crippen LogP contribution in [0.3, 0.4) is 0 Å². The van der Waals surface area contributed by atoms with Crippen molar-refractivity contribution < 1.29 is 14.3 Å². The van der Waals surface area contributed by atoms with Crippen LogP contribution in [0.1, 0.15) is 11.3 Å². The zero-order valence-electron chi connectivity index (χ0n) is 12.1. The van der Waals surface area contributed by atoms with Gasteiger partial charge in [-0.15, -0.1) is 0 Å². The zero-order valence-corrected chi connectivity index (χ0v) is 12.1. The van der Waals surface area contributed by atoms with E-state index in [1.807, 2.05) is 12.3 Å². The average Bonchev–Trinajstić information content (AvgIpc) is 2.96. The smallest absolute Gasteiger partial charge is 0.328 e. The van der Waals surface area contributed by atoms with Gasteiger partial charge in [0, 0.05) is 30.3 Å². The molecule has 0 atom stereocenters. The van der Waals surface area contributed by atoms with Crippen molar-refractivity contribution in [1.82, 2.24) is 14.3 Å². The highest BCUT2D eigenvalue weighted by Gasteiger charge is 2.15. The molecule has 3 rings (SSSR count). The Morgan fingerprint density at radius 2 is 2.14 bits per heavy atom. The van der Waals surface area contributed by atoms with Crippen LogP contribution in [-0.4, -0.2) is 25.4 Å². The summed E-state index contributed by atoms with van der Waals surface area (Å²) in [5.74, 6) is -0.665. The molecule has 0 aliphatic carbocycles. The summed E-state index contributed by atoms with van der Waals surface area (Å²) in [4.78, 5) is 10.8. The second kappa shape index (κ2) is 5.14. The number of nitrogens with zero attached hydrogens (tertiary/aromatic N) is 3. The van der Waals surface area contributed by atoms with Crippen molar-refractivity contribution in [1.29, 1.82) is 0 Å². The summed E-state index contributed by atoms with van der Waals surface area (Å²) in [5.41, 5.74) is 2.09. The third-order valence-electron chi connectivity index (χ3n) is 3.51. The molecule has 5 nitrogen and oxygen atoms in total. The number of carbonyl (C=O) groups is 1. The van der Waals surface area contributed by atoms with Gasteiger partial charge in [0.25, 0.3) is 0 Å². The van der Waals surface area contributed by atoms with E-state index in [9.17, 15) is 9.18 Å². The third kappa shape index (κ3) is 2.28. The lowest BCUT2D eigenvalue weighted by atomic mass is 10.2. The first kappa shape index (κ1) is 14.1. The van der Waals surface area contributed by atoms with Gasteiger partial charge in [0.15, 0.2) is 0 Å². The molecule has 0 saturated carbocycles. The number of benzene rings is 1. The second-order valence-corrected chi connectivity index (χ2v) is 5.01. The molecule has 0 spiro atoms. The third-order valence-corrected chi connectivity index (χ3v) is 3.51. The Morgan fingerprint density at radius 3 is 2.86 bits per heavy atom. The average molecular weight is 299 g/mol. The molecule has 3 aromatic rings. The van der Waals surface area contributed by atoms with Crippen molar-refractivity contribution in [2.75, 3.05) is 0 Å². The van der Waals surface area contributed by atoms with Crippen molar-refractivity contribution in [3.63, 3.8) is 0 Å². The van der Waals surface area contributed by atoms with E-state index in [4.69, 9.17) is 5.11 Å². The summed E-state index contributed by atoms with van der Waals surface area (Å²) in [6.45, 7) is 1.80. The molecule has 0 aliphatic heterocycles. The number of fused-ring (bicyclic) bond motifs is 1. The summed E-state index contributed by atoms with van der Waals surface area (Å²) in [6.07, 6.45) is 4.39. The molecule has 2 heterocycles. The lowest BCUT2D eigenvalue weighted by molar-refractivity contribution is -0.131. The first-order valence-electron chi connectivity index (χ1n) is 6.69. The minimum atomic E-state index is -1.03. The van der Waals surface area contributed by atoms with E-state index in [0.29, 0.717) is 22.6 Å². The van der Waals surface area contributed by atoms with Crippen LogP contribution >= 0.6 is 0 Å². The molecule has 0 unspecified atom stereocenters. The molecule has 0 saturated heterocycles. The van der Waals surface area contributed by atoms with E-state index < -0.39 is 5.97 Å². The van der Waals surface area contributed by atoms with Gasteiger partial charge in [-0.05, 0) is 37.3 Å². The minimum Gasteiger partial charge on any atom is -0.478 e. The largest absolute Gasteiger partial charge is 0.478 e. The minimum absolute atomic E-state index is 0.325. The van der Waals surface area contributed by atoms with Gasteiger partial charge >= 0.3 is 5.97 Å². The number of hydrogen-bond donors (Lipinski definition) is 1. The Hall–Kier alpha value is -2.89. The molecule has 0 amide bonds. The van der Waals surface area contributed by atoms with Gasteiger partial charge in [0.2, 0.25) is 0 Å². The lowest BCUT2D eigenvalue weighted by Gasteiger charge is -2.08. The summed E-state index contributed by atoms with van der Waals surface area (Å²) in [6, 6.07) is 6.44. The number of rotatable bonds is 3. The van der Waals surface area contributed by atoms with Gasteiger partial charge in [-0.3, -0.25) is 4.68 Å². The number of carboxylic acid groups (broad SMARTS) is 1. The molecular formula is C16H14FN3O2. The highest BCUT2D eigenvalue weighted by atomic mass is 19.1. The zero-order chi connectivity index (χ0) is 15.9. The second-order valence-electron chi connectivity index (χ2n) is 5.01. The van der Waals surface area contributed by atoms with Gasteiger partial charge in [-0.1, -0.05) is 0 Å². The van der Waals surface area contributed by atoms with E-state index >= 15 is 0 Å². The Balaban J connectivity index is 2.26. The summed E-state index contributed by atoms with van der Waals surface area (Å²) in [7, 11) is 1.77. The van der Waals surface area contributed by atoms with Crippen molar-refractivity contribution in [3.05, 3.63) is 53.6 Å². The Labute approximate surface area is 125 Å². The topological polar surface area (TPSA) is 60.0 Å². The quantitative estimate of drug-likeness (QED) is 0.756. The van der Waals surface area contributed by atoms with Gasteiger partial charge in [0.05, 0.1) is 11.2 Å². The van der Waals surface area contributed by atoms with E-state index in [2.05, 4.69) is 5.10 Å². The van der Waals surface area contributed by atoms with E-state index in [-0.39, 0.29) is 5.82 Å². The van der Waals surface area contributed by atoms with Crippen LogP contribution in [0.4, 0.5) is 4.39 Å². The van der Waals surface area contributed by atoms with E-state index in [1.54, 1.807) is 29.3 Å². The lowest BCUT2D eigenvalue weighted by Crippen LogP contribution is -2.03. The number of carboxylic acids is 1. The molecule has 112 valence electrons. The molecule has 2 aromatic heterocycles. The number of aryl methyl sites for hydroxylation is 2. The first-order chi connectivity index (χ1) is 10.5. The Bertz CT molecular complexity index is 906. The number of hydrogen-bond acceptors (Lipinski definition) is 2. The van der Waals surface area contributed by atoms with Crippen molar-refractivity contribution in [2.45, 2.75) is 6.92 Å². The van der Waals surface area contributed by atoms with Crippen LogP contribution in [0.15, 0.2) is 36.5 Å². The molecular weight excluding hydrogens is 285 g/mol. The van der Waals surface area contributed by atoms with Gasteiger partial charge in [-0.25, -0.2) is 9.18 Å². The first-order valence-corrected chi connectivity index (χ1v) is 6.69. The molecule has 0 radical (unpaired) electrons. The fourth-order valence-corrected chi connectivity index (χ4v) is 2.58. The Morgan fingerprint density at radius 1 is 1.36 bits per heavy atom. The van der Waals surface area contributed by atoms with Crippen LogP contribution in [0.2, 0.25) is 0 Å². The highest BCUT2D eigenvalue weighted by Crippen LogP contribution is 2.26. The molecule has 0 bridgehead atoms. The predicted octanol–water partition coefficient (Wildman–Crippen LogP) is 2.91. The predicted molar refractivity (Wildman–Crippen MR) is 81.4 cm³/mol. The normalized spacial score (nSPS) is 11.6. The van der Waals surface area contributed by atoms with Crippen LogP contribution < -0.4 is 0 Å². The molecule has 0 fully saturated rings. The van der Waals surface area contributed by atoms with Gasteiger partial charge in [0.1, 0.15) is 11.6 Å². The molecule has 1 N–H and O–H groups in total. The monoisotopic (exact) mass is 299 g/mol. The molecule has 0 aliphatic rings. The van der Waals surface area contributed by atoms with Crippen molar-refractivity contribution >= 4 is 22.9 Å². The Kier molecular flexibility index (Phi) is 3.29. The summed E-state index contributed by atoms with van der Waals surface area (Å²) >= 11 is 0. The SMILES string of the molecule is Cc1nn(C)c(-n2ccc3ccc(F)cc32)c1C=CC(=O)O. The van der Waals surface area contributed by atoms with Crippen molar-refractivity contribution in [3.8, 4) is 5.82 Å². The fraction of sp³-hybridized carbons (Fsp3) is 0.125. The van der Waals surface area contributed by atoms with Crippen LogP contribution in [-0.2, 0) is 11.8 Å². The standard InChI is InChI=1S/C16H14FN3O2/c1-10-13(5-6-15(21)22)16(19(2)18-10)20-8-7-11-3-4-12(17)9-14(11)20/h3-9H,1-2H3,(H,21,22). The molecule has 6 heteroatoms. The molecule has 1 aromatic carbocycles. The number of aliphatic carboxylic acids is 1. The van der Waals surface area contributed by atoms with Crippen molar-refractivity contribution in [2.24, 2.45) is 7.05 Å². The maximum atomic E-state index is 13.5. The number of aromatic nitrogens is 3. The highest BCUT2D eigenvalue weighted by molar-refractivity contribution is 5.87. The maximum Gasteiger partial charge on any atom is 0.328 e. The van der Waals surface area contributed by atoms with Gasteiger partial charge < -0.3 is 9.67 Å². The number of halogens is 1. The summed E-state index contributed by atoms with van der Waals surface area (Å²) in [5, 5.41) is 14.1. The summed E-state index contributed by atoms with van der Waals surface area (Å²) < 4.78 is 17.0.